The highest BCUT2D eigenvalue weighted by Crippen LogP contribution is 2.09. The minimum atomic E-state index is -1.57. The summed E-state index contributed by atoms with van der Waals surface area (Å²) in [7, 11) is 0. The second kappa shape index (κ2) is 21.0. The molecule has 0 radical (unpaired) electrons. The summed E-state index contributed by atoms with van der Waals surface area (Å²) in [6.07, 6.45) is 2.18. The summed E-state index contributed by atoms with van der Waals surface area (Å²) in [5.41, 5.74) is 11.5. The molecule has 7 amide bonds. The van der Waals surface area contributed by atoms with Gasteiger partial charge >= 0.3 is 5.97 Å². The standard InChI is InChI=1S/C29H48N10O9S2/c1-12(2)21(27(45)36-18(7-20(31)40)26(44)37-19(10-50)29(47)48)39-28(46)22(13(3)4)38-23(41)14(5)34-25(43)17(6-15-8-32-11-33-15)35-24(42)16(30)9-49/h8,11-14,16-19,21-22,49-50H,6-7,9-10,30H2,1-5H3,(H2,31,40)(H,32,33)(H,34,43)(H,35,42)(H,36,45)(H,37,44)(H,38,41)(H,39,46)(H,47,48). The second-order valence-electron chi connectivity index (χ2n) is 12.1. The lowest BCUT2D eigenvalue weighted by molar-refractivity contribution is -0.142. The fourth-order valence-corrected chi connectivity index (χ4v) is 4.70. The number of thiol groups is 2. The zero-order valence-electron chi connectivity index (χ0n) is 28.4. The number of aromatic amines is 1. The van der Waals surface area contributed by atoms with Gasteiger partial charge < -0.3 is 53.5 Å². The number of carbonyl (C=O) groups excluding carboxylic acids is 7. The van der Waals surface area contributed by atoms with Crippen LogP contribution in [0.25, 0.3) is 0 Å². The van der Waals surface area contributed by atoms with E-state index in [4.69, 9.17) is 11.5 Å². The molecule has 0 aliphatic carbocycles. The zero-order chi connectivity index (χ0) is 38.3. The number of aliphatic carboxylic acids is 1. The van der Waals surface area contributed by atoms with E-state index in [9.17, 15) is 43.5 Å². The van der Waals surface area contributed by atoms with Gasteiger partial charge in [0.2, 0.25) is 41.4 Å². The summed E-state index contributed by atoms with van der Waals surface area (Å²) in [5, 5.41) is 23.9. The van der Waals surface area contributed by atoms with E-state index >= 15 is 0 Å². The molecule has 19 nitrogen and oxygen atoms in total. The Balaban J connectivity index is 3.06. The van der Waals surface area contributed by atoms with Crippen LogP contribution >= 0.6 is 25.3 Å². The maximum Gasteiger partial charge on any atom is 0.327 e. The Hall–Kier alpha value is -4.37. The van der Waals surface area contributed by atoms with Gasteiger partial charge in [-0.2, -0.15) is 25.3 Å². The summed E-state index contributed by atoms with van der Waals surface area (Å²) < 4.78 is 0. The van der Waals surface area contributed by atoms with Crippen molar-refractivity contribution in [2.24, 2.45) is 23.3 Å². The summed E-state index contributed by atoms with van der Waals surface area (Å²) in [6.45, 7) is 7.82. The Morgan fingerprint density at radius 1 is 0.720 bits per heavy atom. The molecule has 0 spiro atoms. The molecule has 1 rings (SSSR count). The third kappa shape index (κ3) is 14.2. The number of rotatable bonds is 21. The molecule has 7 unspecified atom stereocenters. The van der Waals surface area contributed by atoms with Crippen molar-refractivity contribution in [1.29, 1.82) is 0 Å². The number of hydrogen-bond acceptors (Lipinski definition) is 12. The average molecular weight is 745 g/mol. The van der Waals surface area contributed by atoms with E-state index in [-0.39, 0.29) is 17.9 Å². The fraction of sp³-hybridized carbons (Fsp3) is 0.621. The second-order valence-corrected chi connectivity index (χ2v) is 12.9. The maximum absolute atomic E-state index is 13.4. The third-order valence-electron chi connectivity index (χ3n) is 7.23. The molecule has 0 aliphatic heterocycles. The van der Waals surface area contributed by atoms with Gasteiger partial charge in [-0.25, -0.2) is 9.78 Å². The Bertz CT molecular complexity index is 1360. The van der Waals surface area contributed by atoms with Crippen LogP contribution in [-0.2, 0) is 44.8 Å². The molecule has 0 aromatic carbocycles. The zero-order valence-corrected chi connectivity index (χ0v) is 30.2. The first-order valence-corrected chi connectivity index (χ1v) is 16.9. The number of nitrogens with one attached hydrogen (secondary N) is 7. The molecular weight excluding hydrogens is 697 g/mol. The molecule has 0 aliphatic rings. The van der Waals surface area contributed by atoms with Crippen molar-refractivity contribution in [3.05, 3.63) is 18.2 Å². The molecule has 0 bridgehead atoms. The number of amides is 7. The number of nitrogens with zero attached hydrogens (tertiary/aromatic N) is 1. The quantitative estimate of drug-likeness (QED) is 0.0545. The van der Waals surface area contributed by atoms with Crippen molar-refractivity contribution in [3.8, 4) is 0 Å². The van der Waals surface area contributed by atoms with Crippen LogP contribution in [0.3, 0.4) is 0 Å². The van der Waals surface area contributed by atoms with Gasteiger partial charge in [0, 0.05) is 29.8 Å². The smallest absolute Gasteiger partial charge is 0.327 e. The lowest BCUT2D eigenvalue weighted by Crippen LogP contribution is -2.61. The van der Waals surface area contributed by atoms with E-state index in [1.165, 1.54) is 19.4 Å². The topological polar surface area (TPSA) is 310 Å². The van der Waals surface area contributed by atoms with Crippen LogP contribution in [-0.4, -0.2) is 116 Å². The minimum Gasteiger partial charge on any atom is -0.480 e. The van der Waals surface area contributed by atoms with Crippen molar-refractivity contribution in [2.45, 2.75) is 89.8 Å². The lowest BCUT2D eigenvalue weighted by atomic mass is 9.99. The molecule has 7 atom stereocenters. The number of primary amides is 1. The Morgan fingerprint density at radius 3 is 1.68 bits per heavy atom. The molecule has 0 saturated carbocycles. The van der Waals surface area contributed by atoms with Crippen molar-refractivity contribution >= 4 is 72.6 Å². The molecule has 50 heavy (non-hydrogen) atoms. The Labute approximate surface area is 300 Å². The number of H-pyrrole nitrogens is 1. The van der Waals surface area contributed by atoms with E-state index in [1.54, 1.807) is 27.7 Å². The van der Waals surface area contributed by atoms with Crippen molar-refractivity contribution < 1.29 is 43.5 Å². The van der Waals surface area contributed by atoms with Crippen LogP contribution in [0.1, 0.15) is 46.7 Å². The monoisotopic (exact) mass is 744 g/mol. The summed E-state index contributed by atoms with van der Waals surface area (Å²) in [5.74, 6) is -8.48. The van der Waals surface area contributed by atoms with Crippen LogP contribution in [0.4, 0.5) is 0 Å². The van der Waals surface area contributed by atoms with E-state index in [0.717, 1.165) is 0 Å². The first-order valence-electron chi connectivity index (χ1n) is 15.6. The number of nitrogens with two attached hydrogens (primary N) is 2. The van der Waals surface area contributed by atoms with Gasteiger partial charge in [0.1, 0.15) is 36.3 Å². The van der Waals surface area contributed by atoms with Crippen molar-refractivity contribution in [3.63, 3.8) is 0 Å². The normalized spacial score (nSPS) is 15.3. The number of carboxylic acid groups (broad SMARTS) is 1. The van der Waals surface area contributed by atoms with Crippen LogP contribution < -0.4 is 43.4 Å². The van der Waals surface area contributed by atoms with E-state index in [1.807, 2.05) is 0 Å². The highest BCUT2D eigenvalue weighted by atomic mass is 32.1. The number of carbonyl (C=O) groups is 8. The van der Waals surface area contributed by atoms with Gasteiger partial charge in [-0.3, -0.25) is 33.6 Å². The SMILES string of the molecule is CC(NC(=O)C(Cc1cnc[nH]1)NC(=O)C(N)CS)C(=O)NC(C(=O)NC(C(=O)NC(CC(N)=O)C(=O)NC(CS)C(=O)O)C(C)C)C(C)C. The molecule has 21 heteroatoms. The van der Waals surface area contributed by atoms with Crippen molar-refractivity contribution in [2.75, 3.05) is 11.5 Å². The Morgan fingerprint density at radius 2 is 1.22 bits per heavy atom. The molecular formula is C29H48N10O9S2. The molecule has 0 saturated heterocycles. The van der Waals surface area contributed by atoms with Gasteiger partial charge in [0.15, 0.2) is 0 Å². The van der Waals surface area contributed by atoms with Gasteiger partial charge in [-0.1, -0.05) is 27.7 Å². The molecule has 0 fully saturated rings. The number of aromatic nitrogens is 2. The largest absolute Gasteiger partial charge is 0.480 e. The van der Waals surface area contributed by atoms with Gasteiger partial charge in [0.05, 0.1) is 18.8 Å². The third-order valence-corrected chi connectivity index (χ3v) is 7.99. The highest BCUT2D eigenvalue weighted by Gasteiger charge is 2.35. The van der Waals surface area contributed by atoms with E-state index < -0.39 is 108 Å². The van der Waals surface area contributed by atoms with Crippen molar-refractivity contribution in [1.82, 2.24) is 41.9 Å². The van der Waals surface area contributed by atoms with E-state index in [2.05, 4.69) is 67.1 Å². The number of imidazole rings is 1. The van der Waals surface area contributed by atoms with Crippen LogP contribution in [0.5, 0.6) is 0 Å². The average Bonchev–Trinajstić information content (AvgIpc) is 3.55. The van der Waals surface area contributed by atoms with E-state index in [0.29, 0.717) is 5.69 Å². The predicted molar refractivity (Wildman–Crippen MR) is 186 cm³/mol. The minimum absolute atomic E-state index is 0.00181. The highest BCUT2D eigenvalue weighted by molar-refractivity contribution is 7.80. The first-order chi connectivity index (χ1) is 23.3. The summed E-state index contributed by atoms with van der Waals surface area (Å²) >= 11 is 7.87. The summed E-state index contributed by atoms with van der Waals surface area (Å²) in [6, 6.07) is -8.81. The molecule has 1 heterocycles. The molecule has 12 N–H and O–H groups in total. The van der Waals surface area contributed by atoms with Gasteiger partial charge in [0.25, 0.3) is 0 Å². The van der Waals surface area contributed by atoms with Crippen LogP contribution in [0.15, 0.2) is 12.5 Å². The Kier molecular flexibility index (Phi) is 18.3. The molecule has 1 aromatic heterocycles. The first kappa shape index (κ1) is 43.7. The number of carboxylic acids is 1. The maximum atomic E-state index is 13.4. The van der Waals surface area contributed by atoms with Crippen LogP contribution in [0, 0.1) is 11.8 Å². The number of hydrogen-bond donors (Lipinski definition) is 12. The predicted octanol–water partition coefficient (Wildman–Crippen LogP) is -3.66. The molecule has 1 aromatic rings. The summed E-state index contributed by atoms with van der Waals surface area (Å²) in [4.78, 5) is 108. The lowest BCUT2D eigenvalue weighted by Gasteiger charge is -2.29. The van der Waals surface area contributed by atoms with Gasteiger partial charge in [-0.05, 0) is 18.8 Å². The fourth-order valence-electron chi connectivity index (χ4n) is 4.29. The molecule has 280 valence electrons. The van der Waals surface area contributed by atoms with Crippen LogP contribution in [0.2, 0.25) is 0 Å². The van der Waals surface area contributed by atoms with Gasteiger partial charge in [-0.15, -0.1) is 0 Å².